The molecule has 1 rings (SSSR count). The molecule has 0 aliphatic carbocycles. The van der Waals surface area contributed by atoms with Gasteiger partial charge in [-0.1, -0.05) is 18.2 Å². The Morgan fingerprint density at radius 2 is 2.00 bits per heavy atom. The van der Waals surface area contributed by atoms with Crippen LogP contribution < -0.4 is 16.2 Å². The summed E-state index contributed by atoms with van der Waals surface area (Å²) in [6.07, 6.45) is 0. The predicted octanol–water partition coefficient (Wildman–Crippen LogP) is 1.35. The molecule has 0 aromatic heterocycles. The van der Waals surface area contributed by atoms with E-state index in [1.54, 1.807) is 0 Å². The first kappa shape index (κ1) is 11.5. The first-order valence-corrected chi connectivity index (χ1v) is 5.17. The average molecular weight is 206 g/mol. The third-order valence-corrected chi connectivity index (χ3v) is 2.08. The average Bonchev–Trinajstić information content (AvgIpc) is 2.30. The highest BCUT2D eigenvalue weighted by Gasteiger charge is 2.08. The van der Waals surface area contributed by atoms with Gasteiger partial charge in [-0.05, 0) is 26.0 Å². The lowest BCUT2D eigenvalue weighted by atomic mass is 10.3. The Morgan fingerprint density at radius 3 is 2.47 bits per heavy atom. The van der Waals surface area contributed by atoms with Crippen LogP contribution in [0.5, 0.6) is 0 Å². The van der Waals surface area contributed by atoms with Crippen LogP contribution in [0.1, 0.15) is 13.8 Å². The quantitative estimate of drug-likeness (QED) is 0.340. The van der Waals surface area contributed by atoms with Crippen LogP contribution in [0.15, 0.2) is 35.3 Å². The van der Waals surface area contributed by atoms with Crippen molar-refractivity contribution in [1.82, 2.24) is 5.43 Å². The van der Waals surface area contributed by atoms with Crippen molar-refractivity contribution in [2.75, 3.05) is 18.0 Å². The minimum Gasteiger partial charge on any atom is -0.312 e. The third kappa shape index (κ3) is 2.95. The molecule has 1 aromatic rings. The second-order valence-corrected chi connectivity index (χ2v) is 3.02. The van der Waals surface area contributed by atoms with E-state index >= 15 is 0 Å². The molecular formula is C11H18N4. The van der Waals surface area contributed by atoms with E-state index in [0.717, 1.165) is 12.2 Å². The Hall–Kier alpha value is -1.55. The van der Waals surface area contributed by atoms with Crippen molar-refractivity contribution >= 4 is 11.6 Å². The second-order valence-electron chi connectivity index (χ2n) is 3.02. The van der Waals surface area contributed by atoms with Crippen LogP contribution in [-0.4, -0.2) is 19.0 Å². The molecule has 0 unspecified atom stereocenters. The predicted molar refractivity (Wildman–Crippen MR) is 64.8 cm³/mol. The number of aliphatic imine (C=N–C) groups is 1. The number of nitrogens with one attached hydrogen (secondary N) is 1. The third-order valence-electron chi connectivity index (χ3n) is 2.08. The number of hydrazine groups is 1. The minimum atomic E-state index is 0.700. The lowest BCUT2D eigenvalue weighted by molar-refractivity contribution is 0.912. The highest BCUT2D eigenvalue weighted by molar-refractivity contribution is 5.95. The van der Waals surface area contributed by atoms with Crippen molar-refractivity contribution in [2.45, 2.75) is 13.8 Å². The van der Waals surface area contributed by atoms with Crippen LogP contribution in [0.2, 0.25) is 0 Å². The molecule has 0 saturated carbocycles. The summed E-state index contributed by atoms with van der Waals surface area (Å²) in [4.78, 5) is 6.33. The van der Waals surface area contributed by atoms with Gasteiger partial charge in [0.2, 0.25) is 5.96 Å². The van der Waals surface area contributed by atoms with Gasteiger partial charge < -0.3 is 4.90 Å². The molecule has 82 valence electrons. The van der Waals surface area contributed by atoms with Crippen LogP contribution >= 0.6 is 0 Å². The number of hydrogen-bond donors (Lipinski definition) is 2. The molecule has 0 aliphatic heterocycles. The number of guanidine groups is 1. The number of para-hydroxylation sites is 1. The Bertz CT molecular complexity index is 308. The van der Waals surface area contributed by atoms with Gasteiger partial charge in [-0.15, -0.1) is 0 Å². The standard InChI is InChI=1S/C11H18N4/c1-3-13-11(14-12)15(4-2)10-8-6-5-7-9-10/h5-9H,3-4,12H2,1-2H3,(H,13,14). The summed E-state index contributed by atoms with van der Waals surface area (Å²) in [5.41, 5.74) is 3.72. The van der Waals surface area contributed by atoms with E-state index in [9.17, 15) is 0 Å². The van der Waals surface area contributed by atoms with Gasteiger partial charge in [0.25, 0.3) is 0 Å². The molecule has 0 heterocycles. The molecular weight excluding hydrogens is 188 g/mol. The zero-order chi connectivity index (χ0) is 11.1. The summed E-state index contributed by atoms with van der Waals surface area (Å²) in [5.74, 6) is 6.15. The van der Waals surface area contributed by atoms with Crippen LogP contribution in [0.3, 0.4) is 0 Å². The molecule has 0 aliphatic rings. The molecule has 0 amide bonds. The largest absolute Gasteiger partial charge is 0.312 e. The summed E-state index contributed by atoms with van der Waals surface area (Å²) < 4.78 is 0. The summed E-state index contributed by atoms with van der Waals surface area (Å²) in [6.45, 7) is 5.58. The van der Waals surface area contributed by atoms with Crippen LogP contribution in [0.4, 0.5) is 5.69 Å². The summed E-state index contributed by atoms with van der Waals surface area (Å²) in [7, 11) is 0. The second kappa shape index (κ2) is 6.03. The van der Waals surface area contributed by atoms with Crippen molar-refractivity contribution in [3.8, 4) is 0 Å². The van der Waals surface area contributed by atoms with E-state index in [0.29, 0.717) is 12.5 Å². The molecule has 15 heavy (non-hydrogen) atoms. The Labute approximate surface area is 90.8 Å². The first-order valence-electron chi connectivity index (χ1n) is 5.17. The van der Waals surface area contributed by atoms with Crippen molar-refractivity contribution in [1.29, 1.82) is 0 Å². The van der Waals surface area contributed by atoms with Crippen molar-refractivity contribution in [2.24, 2.45) is 10.8 Å². The molecule has 0 radical (unpaired) electrons. The maximum absolute atomic E-state index is 5.45. The smallest absolute Gasteiger partial charge is 0.212 e. The van der Waals surface area contributed by atoms with Gasteiger partial charge in [-0.3, -0.25) is 10.4 Å². The maximum atomic E-state index is 5.45. The van der Waals surface area contributed by atoms with Crippen LogP contribution in [-0.2, 0) is 0 Å². The molecule has 0 spiro atoms. The van der Waals surface area contributed by atoms with Crippen molar-refractivity contribution < 1.29 is 0 Å². The van der Waals surface area contributed by atoms with Crippen LogP contribution in [0, 0.1) is 0 Å². The highest BCUT2D eigenvalue weighted by Crippen LogP contribution is 2.12. The number of hydrogen-bond acceptors (Lipinski definition) is 2. The zero-order valence-electron chi connectivity index (χ0n) is 9.27. The molecule has 0 atom stereocenters. The highest BCUT2D eigenvalue weighted by atomic mass is 15.4. The van der Waals surface area contributed by atoms with E-state index in [1.807, 2.05) is 42.2 Å². The number of rotatable bonds is 3. The summed E-state index contributed by atoms with van der Waals surface area (Å²) in [5, 5.41) is 0. The fraction of sp³-hybridized carbons (Fsp3) is 0.364. The van der Waals surface area contributed by atoms with Gasteiger partial charge >= 0.3 is 0 Å². The molecule has 3 N–H and O–H groups in total. The molecule has 0 fully saturated rings. The van der Waals surface area contributed by atoms with E-state index in [4.69, 9.17) is 5.84 Å². The number of nitrogens with zero attached hydrogens (tertiary/aromatic N) is 2. The zero-order valence-corrected chi connectivity index (χ0v) is 9.27. The fourth-order valence-corrected chi connectivity index (χ4v) is 1.42. The SMILES string of the molecule is CCN=C(NN)N(CC)c1ccccc1. The lowest BCUT2D eigenvalue weighted by Gasteiger charge is -2.23. The van der Waals surface area contributed by atoms with E-state index in [-0.39, 0.29) is 0 Å². The molecule has 1 aromatic carbocycles. The van der Waals surface area contributed by atoms with Gasteiger partial charge in [-0.25, -0.2) is 5.84 Å². The topological polar surface area (TPSA) is 53.6 Å². The van der Waals surface area contributed by atoms with E-state index in [2.05, 4.69) is 17.3 Å². The Balaban J connectivity index is 2.93. The Morgan fingerprint density at radius 1 is 1.33 bits per heavy atom. The molecule has 4 heteroatoms. The number of anilines is 1. The monoisotopic (exact) mass is 206 g/mol. The van der Waals surface area contributed by atoms with Gasteiger partial charge in [0.15, 0.2) is 0 Å². The normalized spacial score (nSPS) is 11.3. The molecule has 4 nitrogen and oxygen atoms in total. The first-order chi connectivity index (χ1) is 7.33. The van der Waals surface area contributed by atoms with Crippen LogP contribution in [0.25, 0.3) is 0 Å². The van der Waals surface area contributed by atoms with Crippen molar-refractivity contribution in [3.63, 3.8) is 0 Å². The lowest BCUT2D eigenvalue weighted by Crippen LogP contribution is -2.45. The van der Waals surface area contributed by atoms with Crippen molar-refractivity contribution in [3.05, 3.63) is 30.3 Å². The summed E-state index contributed by atoms with van der Waals surface area (Å²) in [6, 6.07) is 10.1. The van der Waals surface area contributed by atoms with Gasteiger partial charge in [0.05, 0.1) is 0 Å². The maximum Gasteiger partial charge on any atom is 0.212 e. The molecule has 0 saturated heterocycles. The van der Waals surface area contributed by atoms with Gasteiger partial charge in [0.1, 0.15) is 0 Å². The number of nitrogens with two attached hydrogens (primary N) is 1. The van der Waals surface area contributed by atoms with E-state index in [1.165, 1.54) is 0 Å². The Kier molecular flexibility index (Phi) is 4.63. The van der Waals surface area contributed by atoms with E-state index < -0.39 is 0 Å². The number of benzene rings is 1. The molecule has 0 bridgehead atoms. The summed E-state index contributed by atoms with van der Waals surface area (Å²) >= 11 is 0. The van der Waals surface area contributed by atoms with Gasteiger partial charge in [-0.2, -0.15) is 0 Å². The fourth-order valence-electron chi connectivity index (χ4n) is 1.42. The minimum absolute atomic E-state index is 0.700. The van der Waals surface area contributed by atoms with Gasteiger partial charge in [0, 0.05) is 18.8 Å².